The number of hydrogen-bond acceptors (Lipinski definition) is 6. The maximum atomic E-state index is 14.0. The third-order valence-electron chi connectivity index (χ3n) is 7.55. The highest BCUT2D eigenvalue weighted by atomic mass is 35.5. The summed E-state index contributed by atoms with van der Waals surface area (Å²) >= 11 is 6.16. The number of Topliss-reactive ketones (excluding diaryl/α,β-unsaturated/α-hetero) is 1. The van der Waals surface area contributed by atoms with Gasteiger partial charge in [0.15, 0.2) is 11.4 Å². The van der Waals surface area contributed by atoms with Crippen LogP contribution in [0.1, 0.15) is 78.9 Å². The van der Waals surface area contributed by atoms with Crippen molar-refractivity contribution in [1.29, 1.82) is 0 Å². The predicted octanol–water partition coefficient (Wildman–Crippen LogP) is 5.60. The van der Waals surface area contributed by atoms with Crippen LogP contribution >= 0.6 is 11.6 Å². The number of carbonyl (C=O) groups excluding carboxylic acids is 1. The third kappa shape index (κ3) is 5.77. The number of hydrogen-bond donors (Lipinski definition) is 1. The van der Waals surface area contributed by atoms with E-state index in [0.29, 0.717) is 10.6 Å². The van der Waals surface area contributed by atoms with Gasteiger partial charge in [0.1, 0.15) is 5.82 Å². The van der Waals surface area contributed by atoms with Crippen LogP contribution in [0.5, 0.6) is 0 Å². The molecule has 1 aliphatic carbocycles. The Labute approximate surface area is 223 Å². The van der Waals surface area contributed by atoms with Gasteiger partial charge in [0.25, 0.3) is 0 Å². The summed E-state index contributed by atoms with van der Waals surface area (Å²) in [5.41, 5.74) is 3.33. The van der Waals surface area contributed by atoms with Crippen LogP contribution in [0.4, 0.5) is 11.5 Å². The van der Waals surface area contributed by atoms with E-state index in [2.05, 4.69) is 16.5 Å². The van der Waals surface area contributed by atoms with Gasteiger partial charge in [-0.2, -0.15) is 5.10 Å². The number of halogens is 1. The number of benzene rings is 1. The number of carbonyl (C=O) groups is 1. The van der Waals surface area contributed by atoms with E-state index in [1.807, 2.05) is 16.8 Å². The Balaban J connectivity index is 1.52. The smallest absolute Gasteiger partial charge is 0.229 e. The summed E-state index contributed by atoms with van der Waals surface area (Å²) in [6.45, 7) is 4.12. The van der Waals surface area contributed by atoms with Gasteiger partial charge in [0.2, 0.25) is 10.0 Å². The highest BCUT2D eigenvalue weighted by Crippen LogP contribution is 2.39. The second kappa shape index (κ2) is 10.6. The summed E-state index contributed by atoms with van der Waals surface area (Å²) in [5.74, 6) is 0.547. The lowest BCUT2D eigenvalue weighted by molar-refractivity contribution is 0.0879. The fraction of sp³-hybridized carbons (Fsp3) is 0.519. The van der Waals surface area contributed by atoms with Crippen LogP contribution in [0.3, 0.4) is 0 Å². The fourth-order valence-electron chi connectivity index (χ4n) is 5.82. The summed E-state index contributed by atoms with van der Waals surface area (Å²) in [5, 5.41) is 5.28. The molecule has 1 aromatic carbocycles. The normalized spacial score (nSPS) is 21.1. The molecule has 0 radical (unpaired) electrons. The molecule has 10 heteroatoms. The zero-order valence-corrected chi connectivity index (χ0v) is 23.0. The van der Waals surface area contributed by atoms with Crippen LogP contribution in [0.25, 0.3) is 5.65 Å². The van der Waals surface area contributed by atoms with Crippen molar-refractivity contribution in [2.75, 3.05) is 29.0 Å². The Morgan fingerprint density at radius 3 is 2.51 bits per heavy atom. The Bertz CT molecular complexity index is 1410. The average Bonchev–Trinajstić information content (AvgIpc) is 3.47. The first-order chi connectivity index (χ1) is 17.7. The van der Waals surface area contributed by atoms with Crippen LogP contribution in [-0.4, -0.2) is 48.1 Å². The molecule has 0 amide bonds. The van der Waals surface area contributed by atoms with Crippen LogP contribution in [-0.2, 0) is 10.0 Å². The van der Waals surface area contributed by atoms with Crippen molar-refractivity contribution in [1.82, 2.24) is 14.6 Å². The fourth-order valence-corrected chi connectivity index (χ4v) is 6.56. The molecule has 2 atom stereocenters. The molecule has 2 aromatic heterocycles. The lowest BCUT2D eigenvalue weighted by Gasteiger charge is -2.28. The van der Waals surface area contributed by atoms with Crippen LogP contribution in [0, 0.1) is 12.8 Å². The van der Waals surface area contributed by atoms with Gasteiger partial charge in [-0.05, 0) is 50.8 Å². The maximum Gasteiger partial charge on any atom is 0.229 e. The number of ketones is 1. The van der Waals surface area contributed by atoms with E-state index in [9.17, 15) is 13.2 Å². The first-order valence-corrected chi connectivity index (χ1v) is 15.4. The highest BCUT2D eigenvalue weighted by Gasteiger charge is 2.34. The SMILES string of the molecule is Cc1cn2nc([C@@H]3CCCCCCC3C(=O)c3ccc(Cl)cc3NS(C)(=O)=O)cc2nc1N1CCCC1. The summed E-state index contributed by atoms with van der Waals surface area (Å²) < 4.78 is 28.3. The van der Waals surface area contributed by atoms with Gasteiger partial charge in [0, 0.05) is 53.3 Å². The minimum absolute atomic E-state index is 0.0753. The topological polar surface area (TPSA) is 96.7 Å². The monoisotopic (exact) mass is 543 g/mol. The second-order valence-electron chi connectivity index (χ2n) is 10.4. The molecular weight excluding hydrogens is 510 g/mol. The van der Waals surface area contributed by atoms with E-state index in [0.717, 1.165) is 80.6 Å². The van der Waals surface area contributed by atoms with Crippen molar-refractivity contribution in [2.45, 2.75) is 64.2 Å². The van der Waals surface area contributed by atoms with Gasteiger partial charge in [-0.3, -0.25) is 9.52 Å². The van der Waals surface area contributed by atoms with Crippen LogP contribution < -0.4 is 9.62 Å². The van der Waals surface area contributed by atoms with Gasteiger partial charge >= 0.3 is 0 Å². The van der Waals surface area contributed by atoms with Gasteiger partial charge in [-0.1, -0.05) is 37.3 Å². The largest absolute Gasteiger partial charge is 0.356 e. The van der Waals surface area contributed by atoms with Crippen molar-refractivity contribution >= 4 is 44.6 Å². The third-order valence-corrected chi connectivity index (χ3v) is 8.38. The van der Waals surface area contributed by atoms with Crippen molar-refractivity contribution in [3.8, 4) is 0 Å². The number of rotatable bonds is 6. The summed E-state index contributed by atoms with van der Waals surface area (Å²) in [7, 11) is -3.58. The van der Waals surface area contributed by atoms with E-state index in [4.69, 9.17) is 21.7 Å². The quantitative estimate of drug-likeness (QED) is 0.406. The molecule has 37 heavy (non-hydrogen) atoms. The Morgan fingerprint density at radius 1 is 1.05 bits per heavy atom. The van der Waals surface area contributed by atoms with E-state index in [1.165, 1.54) is 18.9 Å². The highest BCUT2D eigenvalue weighted by molar-refractivity contribution is 7.92. The molecule has 3 aromatic rings. The van der Waals surface area contributed by atoms with Gasteiger partial charge < -0.3 is 4.90 Å². The van der Waals surface area contributed by atoms with Crippen molar-refractivity contribution in [2.24, 2.45) is 5.92 Å². The number of nitrogens with zero attached hydrogens (tertiary/aromatic N) is 4. The van der Waals surface area contributed by atoms with Gasteiger partial charge in [-0.25, -0.2) is 17.9 Å². The lowest BCUT2D eigenvalue weighted by Crippen LogP contribution is -2.26. The summed E-state index contributed by atoms with van der Waals surface area (Å²) in [6, 6.07) is 6.80. The van der Waals surface area contributed by atoms with E-state index in [1.54, 1.807) is 12.1 Å². The second-order valence-corrected chi connectivity index (χ2v) is 12.6. The Morgan fingerprint density at radius 2 is 1.78 bits per heavy atom. The van der Waals surface area contributed by atoms with Gasteiger partial charge in [-0.15, -0.1) is 0 Å². The minimum Gasteiger partial charge on any atom is -0.356 e. The number of aromatic nitrogens is 3. The molecule has 1 saturated heterocycles. The minimum atomic E-state index is -3.58. The van der Waals surface area contributed by atoms with Crippen LogP contribution in [0.2, 0.25) is 5.02 Å². The summed E-state index contributed by atoms with van der Waals surface area (Å²) in [6.07, 6.45) is 11.2. The maximum absolute atomic E-state index is 14.0. The predicted molar refractivity (Wildman–Crippen MR) is 147 cm³/mol. The zero-order valence-electron chi connectivity index (χ0n) is 21.4. The molecule has 2 fully saturated rings. The van der Waals surface area contributed by atoms with Crippen molar-refractivity contribution < 1.29 is 13.2 Å². The Hall–Kier alpha value is -2.65. The standard InChI is InChI=1S/C27H34ClN5O3S/c1-18-17-33-25(29-27(18)32-13-7-8-14-32)16-23(30-33)20-9-5-3-4-6-10-21(20)26(34)22-12-11-19(28)15-24(22)31-37(2,35)36/h11-12,15-17,20-21,31H,3-10,13-14H2,1-2H3/t20-,21?/m1/s1. The molecule has 198 valence electrons. The number of fused-ring (bicyclic) bond motifs is 1. The number of anilines is 2. The first kappa shape index (κ1) is 26.0. The molecule has 1 aliphatic heterocycles. The van der Waals surface area contributed by atoms with Gasteiger partial charge in [0.05, 0.1) is 17.6 Å². The molecule has 2 aliphatic rings. The van der Waals surface area contributed by atoms with E-state index < -0.39 is 10.0 Å². The molecule has 1 saturated carbocycles. The number of sulfonamides is 1. The molecular formula is C27H34ClN5O3S. The molecule has 3 heterocycles. The average molecular weight is 544 g/mol. The van der Waals surface area contributed by atoms with Crippen molar-refractivity contribution in [3.63, 3.8) is 0 Å². The van der Waals surface area contributed by atoms with E-state index >= 15 is 0 Å². The molecule has 8 nitrogen and oxygen atoms in total. The zero-order chi connectivity index (χ0) is 26.2. The molecule has 1 N–H and O–H groups in total. The van der Waals surface area contributed by atoms with Crippen LogP contribution in [0.15, 0.2) is 30.5 Å². The summed E-state index contributed by atoms with van der Waals surface area (Å²) in [4.78, 5) is 21.3. The molecule has 1 unspecified atom stereocenters. The lowest BCUT2D eigenvalue weighted by atomic mass is 9.76. The number of aryl methyl sites for hydroxylation is 1. The Kier molecular flexibility index (Phi) is 7.45. The number of nitrogens with one attached hydrogen (secondary N) is 1. The van der Waals surface area contributed by atoms with Crippen molar-refractivity contribution in [3.05, 3.63) is 52.3 Å². The molecule has 0 bridgehead atoms. The molecule has 0 spiro atoms. The van der Waals surface area contributed by atoms with E-state index in [-0.39, 0.29) is 23.3 Å². The first-order valence-electron chi connectivity index (χ1n) is 13.1. The molecule has 5 rings (SSSR count).